The van der Waals surface area contributed by atoms with Crippen LogP contribution in [0.25, 0.3) is 0 Å². The number of hydrogen-bond acceptors (Lipinski definition) is 3. The van der Waals surface area contributed by atoms with E-state index in [0.717, 1.165) is 32.2 Å². The average Bonchev–Trinajstić information content (AvgIpc) is 2.47. The third-order valence-electron chi connectivity index (χ3n) is 3.18. The first-order valence-corrected chi connectivity index (χ1v) is 8.19. The Hall–Kier alpha value is -0.830. The molecule has 0 fully saturated rings. The van der Waals surface area contributed by atoms with E-state index in [2.05, 4.69) is 13.0 Å². The summed E-state index contributed by atoms with van der Waals surface area (Å²) < 4.78 is 10.6. The Bertz CT molecular complexity index is 214. The van der Waals surface area contributed by atoms with Crippen molar-refractivity contribution < 1.29 is 14.3 Å². The van der Waals surface area contributed by atoms with Gasteiger partial charge in [0.1, 0.15) is 6.29 Å². The predicted octanol–water partition coefficient (Wildman–Crippen LogP) is 5.00. The molecule has 0 heterocycles. The van der Waals surface area contributed by atoms with Crippen LogP contribution < -0.4 is 0 Å². The summed E-state index contributed by atoms with van der Waals surface area (Å²) in [6, 6.07) is 0. The average molecular weight is 284 g/mol. The second-order valence-corrected chi connectivity index (χ2v) is 5.14. The highest BCUT2D eigenvalue weighted by atomic mass is 16.7. The predicted molar refractivity (Wildman–Crippen MR) is 83.6 cm³/mol. The lowest BCUT2D eigenvalue weighted by molar-refractivity contribution is -0.107. The van der Waals surface area contributed by atoms with E-state index in [1.807, 2.05) is 0 Å². The number of hydrogen-bond donors (Lipinski definition) is 0. The van der Waals surface area contributed by atoms with Gasteiger partial charge in [-0.05, 0) is 31.8 Å². The van der Waals surface area contributed by atoms with Gasteiger partial charge in [-0.15, -0.1) is 0 Å². The monoisotopic (exact) mass is 284 g/mol. The Labute approximate surface area is 124 Å². The number of ether oxygens (including phenoxy) is 2. The molecule has 0 saturated heterocycles. The van der Waals surface area contributed by atoms with E-state index < -0.39 is 0 Å². The van der Waals surface area contributed by atoms with Crippen LogP contribution in [0.2, 0.25) is 0 Å². The minimum atomic E-state index is 0.369. The number of aldehydes is 1. The number of rotatable bonds is 16. The zero-order valence-corrected chi connectivity index (χ0v) is 13.1. The lowest BCUT2D eigenvalue weighted by Gasteiger charge is -2.03. The molecule has 0 atom stereocenters. The number of unbranched alkanes of at least 4 members (excludes halogenated alkanes) is 9. The maximum absolute atomic E-state index is 10.1. The van der Waals surface area contributed by atoms with Crippen LogP contribution in [0.5, 0.6) is 0 Å². The standard InChI is InChI=1S/C17H32O3/c1-2-3-4-12-15-19-17-20-16-13-10-8-6-5-7-9-11-14-18/h13-14,16H,2-12,15,17H2,1H3. The summed E-state index contributed by atoms with van der Waals surface area (Å²) in [6.45, 7) is 3.38. The van der Waals surface area contributed by atoms with Crippen molar-refractivity contribution in [1.29, 1.82) is 0 Å². The fraction of sp³-hybridized carbons (Fsp3) is 0.824. The molecule has 0 unspecified atom stereocenters. The molecule has 0 bridgehead atoms. The number of allylic oxidation sites excluding steroid dienone is 1. The van der Waals surface area contributed by atoms with E-state index in [4.69, 9.17) is 9.47 Å². The van der Waals surface area contributed by atoms with Crippen molar-refractivity contribution >= 4 is 6.29 Å². The maximum Gasteiger partial charge on any atom is 0.188 e. The first-order valence-electron chi connectivity index (χ1n) is 8.19. The van der Waals surface area contributed by atoms with Crippen LogP contribution in [0.3, 0.4) is 0 Å². The van der Waals surface area contributed by atoms with Gasteiger partial charge in [-0.3, -0.25) is 0 Å². The Morgan fingerprint density at radius 3 is 2.30 bits per heavy atom. The van der Waals surface area contributed by atoms with Gasteiger partial charge in [0.05, 0.1) is 12.9 Å². The van der Waals surface area contributed by atoms with Crippen molar-refractivity contribution in [2.24, 2.45) is 0 Å². The molecule has 0 radical (unpaired) electrons. The molecule has 0 aromatic rings. The molecular weight excluding hydrogens is 252 g/mol. The van der Waals surface area contributed by atoms with Crippen LogP contribution in [0, 0.1) is 0 Å². The molecule has 20 heavy (non-hydrogen) atoms. The third-order valence-corrected chi connectivity index (χ3v) is 3.18. The van der Waals surface area contributed by atoms with E-state index in [1.165, 1.54) is 44.9 Å². The number of carbonyl (C=O) groups is 1. The van der Waals surface area contributed by atoms with Gasteiger partial charge in [0.15, 0.2) is 6.79 Å². The largest absolute Gasteiger partial charge is 0.475 e. The summed E-state index contributed by atoms with van der Waals surface area (Å²) in [5, 5.41) is 0. The molecule has 0 saturated carbocycles. The Kier molecular flexibility index (Phi) is 17.4. The van der Waals surface area contributed by atoms with Gasteiger partial charge in [-0.2, -0.15) is 0 Å². The molecule has 0 N–H and O–H groups in total. The second kappa shape index (κ2) is 18.2. The summed E-state index contributed by atoms with van der Waals surface area (Å²) in [4.78, 5) is 10.1. The highest BCUT2D eigenvalue weighted by molar-refractivity contribution is 5.48. The van der Waals surface area contributed by atoms with E-state index in [1.54, 1.807) is 6.26 Å². The van der Waals surface area contributed by atoms with Crippen molar-refractivity contribution in [3.8, 4) is 0 Å². The molecule has 3 nitrogen and oxygen atoms in total. The summed E-state index contributed by atoms with van der Waals surface area (Å²) >= 11 is 0. The minimum absolute atomic E-state index is 0.369. The SMILES string of the molecule is CCCCCCOCOC=CCCCCCCCC=O. The molecule has 0 aliphatic heterocycles. The molecule has 118 valence electrons. The second-order valence-electron chi connectivity index (χ2n) is 5.14. The van der Waals surface area contributed by atoms with E-state index in [-0.39, 0.29) is 0 Å². The lowest BCUT2D eigenvalue weighted by atomic mass is 10.1. The van der Waals surface area contributed by atoms with Crippen molar-refractivity contribution in [1.82, 2.24) is 0 Å². The topological polar surface area (TPSA) is 35.5 Å². The lowest BCUT2D eigenvalue weighted by Crippen LogP contribution is -1.97. The fourth-order valence-electron chi connectivity index (χ4n) is 1.93. The van der Waals surface area contributed by atoms with Gasteiger partial charge in [0, 0.05) is 6.42 Å². The van der Waals surface area contributed by atoms with Gasteiger partial charge in [0.2, 0.25) is 0 Å². The Morgan fingerprint density at radius 1 is 0.850 bits per heavy atom. The molecular formula is C17H32O3. The molecule has 0 aliphatic rings. The molecule has 0 aromatic heterocycles. The van der Waals surface area contributed by atoms with Gasteiger partial charge >= 0.3 is 0 Å². The van der Waals surface area contributed by atoms with Crippen molar-refractivity contribution in [2.75, 3.05) is 13.4 Å². The molecule has 0 aliphatic carbocycles. The van der Waals surface area contributed by atoms with Crippen LogP contribution in [0.4, 0.5) is 0 Å². The minimum Gasteiger partial charge on any atom is -0.475 e. The van der Waals surface area contributed by atoms with Gasteiger partial charge in [-0.25, -0.2) is 0 Å². The van der Waals surface area contributed by atoms with Gasteiger partial charge < -0.3 is 14.3 Å². The normalized spacial score (nSPS) is 11.1. The zero-order chi connectivity index (χ0) is 14.7. The third kappa shape index (κ3) is 17.2. The Morgan fingerprint density at radius 2 is 1.55 bits per heavy atom. The molecule has 0 aromatic carbocycles. The number of carbonyl (C=O) groups excluding carboxylic acids is 1. The first kappa shape index (κ1) is 19.2. The quantitative estimate of drug-likeness (QED) is 0.173. The smallest absolute Gasteiger partial charge is 0.188 e. The van der Waals surface area contributed by atoms with E-state index in [0.29, 0.717) is 13.2 Å². The van der Waals surface area contributed by atoms with E-state index in [9.17, 15) is 4.79 Å². The molecule has 0 rings (SSSR count). The molecule has 3 heteroatoms. The van der Waals surface area contributed by atoms with Crippen LogP contribution >= 0.6 is 0 Å². The highest BCUT2D eigenvalue weighted by Crippen LogP contribution is 2.06. The van der Waals surface area contributed by atoms with Crippen molar-refractivity contribution in [3.05, 3.63) is 12.3 Å². The summed E-state index contributed by atoms with van der Waals surface area (Å²) in [6.07, 6.45) is 17.4. The molecule has 0 spiro atoms. The van der Waals surface area contributed by atoms with Crippen LogP contribution in [0.1, 0.15) is 77.6 Å². The first-order chi connectivity index (χ1) is 9.91. The van der Waals surface area contributed by atoms with Crippen molar-refractivity contribution in [2.45, 2.75) is 77.6 Å². The van der Waals surface area contributed by atoms with Crippen LogP contribution in [-0.2, 0) is 14.3 Å². The Balaban J connectivity index is 3.03. The van der Waals surface area contributed by atoms with Crippen molar-refractivity contribution in [3.63, 3.8) is 0 Å². The van der Waals surface area contributed by atoms with Gasteiger partial charge in [0.25, 0.3) is 0 Å². The van der Waals surface area contributed by atoms with Gasteiger partial charge in [-0.1, -0.05) is 45.4 Å². The summed E-state index contributed by atoms with van der Waals surface area (Å²) in [5.41, 5.74) is 0. The van der Waals surface area contributed by atoms with Crippen LogP contribution in [-0.4, -0.2) is 19.7 Å². The van der Waals surface area contributed by atoms with E-state index >= 15 is 0 Å². The van der Waals surface area contributed by atoms with Crippen LogP contribution in [0.15, 0.2) is 12.3 Å². The maximum atomic E-state index is 10.1. The fourth-order valence-corrected chi connectivity index (χ4v) is 1.93. The zero-order valence-electron chi connectivity index (χ0n) is 13.1. The summed E-state index contributed by atoms with van der Waals surface area (Å²) in [5.74, 6) is 0. The molecule has 0 amide bonds. The highest BCUT2D eigenvalue weighted by Gasteiger charge is 1.90. The summed E-state index contributed by atoms with van der Waals surface area (Å²) in [7, 11) is 0.